The Kier molecular flexibility index (Phi) is 2.65. The van der Waals surface area contributed by atoms with E-state index in [0.717, 1.165) is 0 Å². The molecule has 1 aliphatic rings. The Bertz CT molecular complexity index is 305. The maximum atomic E-state index is 10.4. The number of hydrogen-bond donors (Lipinski definition) is 1. The molecular weight excluding hydrogens is 224 g/mol. The van der Waals surface area contributed by atoms with Gasteiger partial charge in [0.25, 0.3) is 5.70 Å². The van der Waals surface area contributed by atoms with Gasteiger partial charge in [-0.3, -0.25) is 10.1 Å². The summed E-state index contributed by atoms with van der Waals surface area (Å²) < 4.78 is 0.686. The fourth-order valence-corrected chi connectivity index (χ4v) is 1.24. The van der Waals surface area contributed by atoms with Gasteiger partial charge in [-0.1, -0.05) is 28.1 Å². The van der Waals surface area contributed by atoms with Crippen LogP contribution in [0.4, 0.5) is 0 Å². The maximum absolute atomic E-state index is 10.4. The third-order valence-electron chi connectivity index (χ3n) is 1.42. The third kappa shape index (κ3) is 1.94. The van der Waals surface area contributed by atoms with Crippen molar-refractivity contribution in [2.45, 2.75) is 6.42 Å². The molecule has 5 heteroatoms. The number of nitro groups is 1. The van der Waals surface area contributed by atoms with Gasteiger partial charge in [0.1, 0.15) is 5.70 Å². The van der Waals surface area contributed by atoms with Gasteiger partial charge in [-0.15, -0.1) is 0 Å². The van der Waals surface area contributed by atoms with Gasteiger partial charge < -0.3 is 5.73 Å². The molecule has 0 aliphatic heterocycles. The molecule has 0 aromatic rings. The van der Waals surface area contributed by atoms with E-state index in [4.69, 9.17) is 5.73 Å². The van der Waals surface area contributed by atoms with Crippen molar-refractivity contribution in [3.8, 4) is 0 Å². The molecule has 12 heavy (non-hydrogen) atoms. The minimum absolute atomic E-state index is 0.0596. The molecule has 0 aromatic carbocycles. The van der Waals surface area contributed by atoms with Gasteiger partial charge in [0.05, 0.1) is 4.92 Å². The highest BCUT2D eigenvalue weighted by Crippen LogP contribution is 2.18. The quantitative estimate of drug-likeness (QED) is 0.551. The Morgan fingerprint density at radius 1 is 1.58 bits per heavy atom. The van der Waals surface area contributed by atoms with E-state index in [2.05, 4.69) is 15.9 Å². The van der Waals surface area contributed by atoms with E-state index in [1.807, 2.05) is 6.08 Å². The van der Waals surface area contributed by atoms with Crippen molar-refractivity contribution in [1.82, 2.24) is 0 Å². The summed E-state index contributed by atoms with van der Waals surface area (Å²) in [6.45, 7) is 0. The lowest BCUT2D eigenvalue weighted by Crippen LogP contribution is -2.08. The van der Waals surface area contributed by atoms with Gasteiger partial charge in [-0.2, -0.15) is 0 Å². The van der Waals surface area contributed by atoms with E-state index in [1.54, 1.807) is 6.08 Å². The largest absolute Gasteiger partial charge is 0.393 e. The van der Waals surface area contributed by atoms with Crippen molar-refractivity contribution in [3.05, 3.63) is 44.2 Å². The van der Waals surface area contributed by atoms with Crippen LogP contribution in [0.25, 0.3) is 0 Å². The van der Waals surface area contributed by atoms with Crippen LogP contribution in [0, 0.1) is 10.1 Å². The number of halogens is 1. The first kappa shape index (κ1) is 8.99. The second kappa shape index (κ2) is 3.53. The molecule has 0 spiro atoms. The van der Waals surface area contributed by atoms with Crippen LogP contribution >= 0.6 is 15.9 Å². The molecule has 0 heterocycles. The Balaban J connectivity index is 3.07. The summed E-state index contributed by atoms with van der Waals surface area (Å²) in [5.74, 6) is 0. The molecule has 0 radical (unpaired) electrons. The van der Waals surface area contributed by atoms with E-state index in [1.165, 1.54) is 6.08 Å². The van der Waals surface area contributed by atoms with Crippen LogP contribution in [-0.2, 0) is 0 Å². The van der Waals surface area contributed by atoms with Crippen LogP contribution in [0.1, 0.15) is 6.42 Å². The van der Waals surface area contributed by atoms with Gasteiger partial charge in [-0.05, 0) is 6.42 Å². The Morgan fingerprint density at radius 3 is 2.83 bits per heavy atom. The molecule has 0 saturated heterocycles. The summed E-state index contributed by atoms with van der Waals surface area (Å²) in [5, 5.41) is 10.4. The lowest BCUT2D eigenvalue weighted by Gasteiger charge is -1.94. The normalized spacial score (nSPS) is 17.2. The molecule has 2 N–H and O–H groups in total. The molecule has 0 fully saturated rings. The summed E-state index contributed by atoms with van der Waals surface area (Å²) >= 11 is 3.17. The second-order valence-corrected chi connectivity index (χ2v) is 3.19. The molecule has 0 amide bonds. The number of allylic oxidation sites excluding steroid dienone is 4. The SMILES string of the molecule is NC1=CCC=C(Br)C=C1[N+](=O)[O-]. The van der Waals surface area contributed by atoms with Crippen molar-refractivity contribution >= 4 is 15.9 Å². The first-order valence-corrected chi connectivity index (χ1v) is 4.08. The Hall–Kier alpha value is -1.10. The Labute approximate surface area is 77.7 Å². The maximum Gasteiger partial charge on any atom is 0.292 e. The van der Waals surface area contributed by atoms with Crippen molar-refractivity contribution in [2.75, 3.05) is 0 Å². The number of nitrogens with two attached hydrogens (primary N) is 1. The van der Waals surface area contributed by atoms with E-state index in [9.17, 15) is 10.1 Å². The molecule has 1 aliphatic carbocycles. The molecule has 0 unspecified atom stereocenters. The standard InChI is InChI=1S/C7H7BrN2O2/c8-5-2-1-3-6(9)7(4-5)10(11)12/h2-4H,1,9H2. The highest BCUT2D eigenvalue weighted by atomic mass is 79.9. The first-order valence-electron chi connectivity index (χ1n) is 3.29. The van der Waals surface area contributed by atoms with Gasteiger partial charge in [-0.25, -0.2) is 0 Å². The highest BCUT2D eigenvalue weighted by molar-refractivity contribution is 9.11. The smallest absolute Gasteiger partial charge is 0.292 e. The molecule has 0 bridgehead atoms. The van der Waals surface area contributed by atoms with Gasteiger partial charge in [0.2, 0.25) is 0 Å². The molecule has 4 nitrogen and oxygen atoms in total. The van der Waals surface area contributed by atoms with E-state index in [-0.39, 0.29) is 11.4 Å². The predicted octanol–water partition coefficient (Wildman–Crippen LogP) is 1.67. The fourth-order valence-electron chi connectivity index (χ4n) is 0.834. The summed E-state index contributed by atoms with van der Waals surface area (Å²) in [6, 6.07) is 0. The van der Waals surface area contributed by atoms with Crippen LogP contribution in [0.2, 0.25) is 0 Å². The van der Waals surface area contributed by atoms with Crippen molar-refractivity contribution in [3.63, 3.8) is 0 Å². The predicted molar refractivity (Wildman–Crippen MR) is 49.0 cm³/mol. The molecule has 1 rings (SSSR count). The van der Waals surface area contributed by atoms with Crippen molar-refractivity contribution < 1.29 is 4.92 Å². The van der Waals surface area contributed by atoms with Crippen LogP contribution in [-0.4, -0.2) is 4.92 Å². The zero-order chi connectivity index (χ0) is 9.14. The number of hydrogen-bond acceptors (Lipinski definition) is 3. The topological polar surface area (TPSA) is 69.2 Å². The summed E-state index contributed by atoms with van der Waals surface area (Å²) in [4.78, 5) is 9.94. The lowest BCUT2D eigenvalue weighted by molar-refractivity contribution is -0.420. The first-order chi connectivity index (χ1) is 5.61. The average molecular weight is 231 g/mol. The molecule has 0 saturated carbocycles. The van der Waals surface area contributed by atoms with E-state index in [0.29, 0.717) is 10.9 Å². The average Bonchev–Trinajstić information content (AvgIpc) is 2.13. The number of rotatable bonds is 1. The fraction of sp³-hybridized carbons (Fsp3) is 0.143. The second-order valence-electron chi connectivity index (χ2n) is 2.27. The minimum atomic E-state index is -0.494. The Morgan fingerprint density at radius 2 is 2.25 bits per heavy atom. The van der Waals surface area contributed by atoms with Crippen LogP contribution in [0.3, 0.4) is 0 Å². The van der Waals surface area contributed by atoms with Crippen molar-refractivity contribution in [2.24, 2.45) is 5.73 Å². The number of nitrogens with zero attached hydrogens (tertiary/aromatic N) is 1. The summed E-state index contributed by atoms with van der Waals surface area (Å²) in [6.07, 6.45) is 5.44. The van der Waals surface area contributed by atoms with Crippen LogP contribution in [0.5, 0.6) is 0 Å². The molecule has 0 aromatic heterocycles. The van der Waals surface area contributed by atoms with Crippen LogP contribution in [0.15, 0.2) is 34.1 Å². The van der Waals surface area contributed by atoms with Gasteiger partial charge in [0, 0.05) is 10.6 Å². The molecular formula is C7H7BrN2O2. The molecule has 0 atom stereocenters. The van der Waals surface area contributed by atoms with Crippen molar-refractivity contribution in [1.29, 1.82) is 0 Å². The highest BCUT2D eigenvalue weighted by Gasteiger charge is 2.15. The van der Waals surface area contributed by atoms with E-state index < -0.39 is 4.92 Å². The van der Waals surface area contributed by atoms with Gasteiger partial charge >= 0.3 is 0 Å². The van der Waals surface area contributed by atoms with Gasteiger partial charge in [0.15, 0.2) is 0 Å². The molecule has 64 valence electrons. The zero-order valence-corrected chi connectivity index (χ0v) is 7.74. The van der Waals surface area contributed by atoms with Crippen LogP contribution < -0.4 is 5.73 Å². The monoisotopic (exact) mass is 230 g/mol. The third-order valence-corrected chi connectivity index (χ3v) is 1.97. The van der Waals surface area contributed by atoms with E-state index >= 15 is 0 Å². The minimum Gasteiger partial charge on any atom is -0.393 e. The zero-order valence-electron chi connectivity index (χ0n) is 6.16. The lowest BCUT2D eigenvalue weighted by atomic mass is 10.3. The summed E-state index contributed by atoms with van der Waals surface area (Å²) in [7, 11) is 0. The summed E-state index contributed by atoms with van der Waals surface area (Å²) in [5.41, 5.74) is 5.59.